The summed E-state index contributed by atoms with van der Waals surface area (Å²) in [6, 6.07) is 9.64. The largest absolute Gasteiger partial charge is 0.416 e. The number of aryl methyl sites for hydroxylation is 1. The maximum Gasteiger partial charge on any atom is 0.416 e. The molecule has 2 aliphatic rings. The summed E-state index contributed by atoms with van der Waals surface area (Å²) in [6.45, 7) is 0. The number of rotatable bonds is 3. The minimum Gasteiger partial charge on any atom is -0.392 e. The average Bonchev–Trinajstić information content (AvgIpc) is 2.60. The van der Waals surface area contributed by atoms with Crippen molar-refractivity contribution in [3.63, 3.8) is 0 Å². The van der Waals surface area contributed by atoms with Crippen LogP contribution in [-0.4, -0.2) is 16.2 Å². The van der Waals surface area contributed by atoms with E-state index in [1.165, 1.54) is 6.07 Å². The SMILES string of the molecule is OC(C1CCCc2cccnc21)C1(c2ccccc2C(F)(F)F)CCC1. The Morgan fingerprint density at radius 2 is 1.85 bits per heavy atom. The predicted octanol–water partition coefficient (Wildman–Crippen LogP) is 5.00. The molecule has 2 aromatic rings. The maximum absolute atomic E-state index is 13.6. The van der Waals surface area contributed by atoms with E-state index < -0.39 is 23.3 Å². The molecule has 5 heteroatoms. The second-order valence-corrected chi connectivity index (χ2v) is 7.54. The third-order valence-corrected chi connectivity index (χ3v) is 6.20. The minimum atomic E-state index is -4.42. The van der Waals surface area contributed by atoms with Crippen molar-refractivity contribution < 1.29 is 18.3 Å². The summed E-state index contributed by atoms with van der Waals surface area (Å²) in [7, 11) is 0. The zero-order valence-electron chi connectivity index (χ0n) is 14.5. The van der Waals surface area contributed by atoms with E-state index in [0.717, 1.165) is 43.0 Å². The normalized spacial score (nSPS) is 23.0. The fourth-order valence-electron chi connectivity index (χ4n) is 4.78. The molecule has 0 aliphatic heterocycles. The van der Waals surface area contributed by atoms with E-state index >= 15 is 0 Å². The molecule has 26 heavy (non-hydrogen) atoms. The van der Waals surface area contributed by atoms with Crippen molar-refractivity contribution in [2.75, 3.05) is 0 Å². The topological polar surface area (TPSA) is 33.1 Å². The van der Waals surface area contributed by atoms with Crippen LogP contribution in [-0.2, 0) is 18.0 Å². The van der Waals surface area contributed by atoms with Crippen molar-refractivity contribution in [1.29, 1.82) is 0 Å². The molecule has 2 atom stereocenters. The molecule has 2 nitrogen and oxygen atoms in total. The first-order valence-electron chi connectivity index (χ1n) is 9.22. The number of hydrogen-bond donors (Lipinski definition) is 1. The molecule has 1 heterocycles. The van der Waals surface area contributed by atoms with Crippen LogP contribution in [0.4, 0.5) is 13.2 Å². The number of halogens is 3. The molecule has 4 rings (SSSR count). The summed E-state index contributed by atoms with van der Waals surface area (Å²) in [5, 5.41) is 11.3. The van der Waals surface area contributed by atoms with Crippen LogP contribution in [0.5, 0.6) is 0 Å². The Kier molecular flexibility index (Phi) is 4.30. The number of benzene rings is 1. The lowest BCUT2D eigenvalue weighted by Gasteiger charge is -2.50. The Hall–Kier alpha value is -1.88. The number of aliphatic hydroxyl groups is 1. The van der Waals surface area contributed by atoms with Crippen LogP contribution in [0.15, 0.2) is 42.6 Å². The molecule has 0 amide bonds. The van der Waals surface area contributed by atoms with Crippen molar-refractivity contribution in [1.82, 2.24) is 4.98 Å². The molecule has 0 bridgehead atoms. The lowest BCUT2D eigenvalue weighted by Crippen LogP contribution is -2.50. The van der Waals surface area contributed by atoms with Gasteiger partial charge in [0, 0.05) is 23.2 Å². The second-order valence-electron chi connectivity index (χ2n) is 7.54. The van der Waals surface area contributed by atoms with Gasteiger partial charge in [0.05, 0.1) is 11.7 Å². The Bertz CT molecular complexity index is 798. The fourth-order valence-corrected chi connectivity index (χ4v) is 4.78. The number of nitrogens with zero attached hydrogens (tertiary/aromatic N) is 1. The van der Waals surface area contributed by atoms with Crippen LogP contribution in [0.1, 0.15) is 60.4 Å². The third-order valence-electron chi connectivity index (χ3n) is 6.20. The summed E-state index contributed by atoms with van der Waals surface area (Å²) in [5.41, 5.74) is 0.775. The van der Waals surface area contributed by atoms with Gasteiger partial charge in [-0.3, -0.25) is 4.98 Å². The van der Waals surface area contributed by atoms with Gasteiger partial charge in [-0.1, -0.05) is 30.7 Å². The quantitative estimate of drug-likeness (QED) is 0.834. The van der Waals surface area contributed by atoms with Crippen molar-refractivity contribution >= 4 is 0 Å². The lowest BCUT2D eigenvalue weighted by atomic mass is 9.56. The summed E-state index contributed by atoms with van der Waals surface area (Å²) in [5.74, 6) is -0.207. The molecule has 1 saturated carbocycles. The first-order valence-corrected chi connectivity index (χ1v) is 9.22. The van der Waals surface area contributed by atoms with Gasteiger partial charge in [0.2, 0.25) is 0 Å². The second kappa shape index (κ2) is 6.38. The Balaban J connectivity index is 1.77. The Morgan fingerprint density at radius 3 is 2.54 bits per heavy atom. The standard InChI is InChI=1S/C21H22F3NO/c22-21(23,24)17-10-2-1-9-16(17)20(11-5-12-20)19(26)15-8-3-6-14-7-4-13-25-18(14)15/h1-2,4,7,9-10,13,15,19,26H,3,5-6,8,11-12H2. The highest BCUT2D eigenvalue weighted by atomic mass is 19.4. The number of fused-ring (bicyclic) bond motifs is 1. The van der Waals surface area contributed by atoms with E-state index in [2.05, 4.69) is 4.98 Å². The van der Waals surface area contributed by atoms with Crippen LogP contribution >= 0.6 is 0 Å². The first-order chi connectivity index (χ1) is 12.4. The molecule has 2 aliphatic carbocycles. The van der Waals surface area contributed by atoms with Crippen LogP contribution in [0.3, 0.4) is 0 Å². The summed E-state index contributed by atoms with van der Waals surface area (Å²) >= 11 is 0. The van der Waals surface area contributed by atoms with Gasteiger partial charge in [-0.15, -0.1) is 0 Å². The van der Waals surface area contributed by atoms with Gasteiger partial charge in [0.15, 0.2) is 0 Å². The molecular formula is C21H22F3NO. The highest BCUT2D eigenvalue weighted by molar-refractivity contribution is 5.41. The number of aromatic nitrogens is 1. The molecule has 1 aromatic carbocycles. The molecule has 0 radical (unpaired) electrons. The van der Waals surface area contributed by atoms with Gasteiger partial charge in [0.25, 0.3) is 0 Å². The number of alkyl halides is 3. The minimum absolute atomic E-state index is 0.207. The fraction of sp³-hybridized carbons (Fsp3) is 0.476. The van der Waals surface area contributed by atoms with Crippen molar-refractivity contribution in [3.05, 3.63) is 65.0 Å². The van der Waals surface area contributed by atoms with Gasteiger partial charge in [-0.25, -0.2) is 0 Å². The number of hydrogen-bond acceptors (Lipinski definition) is 2. The highest BCUT2D eigenvalue weighted by Gasteiger charge is 2.52. The molecule has 1 N–H and O–H groups in total. The van der Waals surface area contributed by atoms with E-state index in [4.69, 9.17) is 0 Å². The summed E-state index contributed by atoms with van der Waals surface area (Å²) in [4.78, 5) is 4.48. The zero-order valence-corrected chi connectivity index (χ0v) is 14.5. The molecule has 0 saturated heterocycles. The Labute approximate surface area is 151 Å². The van der Waals surface area contributed by atoms with E-state index in [1.807, 2.05) is 12.1 Å². The summed E-state index contributed by atoms with van der Waals surface area (Å²) < 4.78 is 40.8. The number of pyridine rings is 1. The predicted molar refractivity (Wildman–Crippen MR) is 92.9 cm³/mol. The van der Waals surface area contributed by atoms with Gasteiger partial charge in [0.1, 0.15) is 0 Å². The average molecular weight is 361 g/mol. The van der Waals surface area contributed by atoms with Crippen molar-refractivity contribution in [2.45, 2.75) is 62.1 Å². The molecule has 0 spiro atoms. The van der Waals surface area contributed by atoms with Crippen molar-refractivity contribution in [3.8, 4) is 0 Å². The molecule has 2 unspecified atom stereocenters. The first kappa shape index (κ1) is 17.5. The van der Waals surface area contributed by atoms with E-state index in [1.54, 1.807) is 18.3 Å². The van der Waals surface area contributed by atoms with Gasteiger partial charge in [-0.2, -0.15) is 13.2 Å². The maximum atomic E-state index is 13.6. The van der Waals surface area contributed by atoms with E-state index in [0.29, 0.717) is 12.8 Å². The van der Waals surface area contributed by atoms with Gasteiger partial charge >= 0.3 is 6.18 Å². The molecule has 1 aromatic heterocycles. The highest BCUT2D eigenvalue weighted by Crippen LogP contribution is 2.54. The third kappa shape index (κ3) is 2.73. The summed E-state index contributed by atoms with van der Waals surface area (Å²) in [6.07, 6.45) is 1.05. The van der Waals surface area contributed by atoms with Crippen LogP contribution < -0.4 is 0 Å². The zero-order chi connectivity index (χ0) is 18.4. The van der Waals surface area contributed by atoms with Crippen LogP contribution in [0.25, 0.3) is 0 Å². The van der Waals surface area contributed by atoms with E-state index in [-0.39, 0.29) is 11.5 Å². The van der Waals surface area contributed by atoms with Gasteiger partial charge in [-0.05, 0) is 55.4 Å². The van der Waals surface area contributed by atoms with Crippen molar-refractivity contribution in [2.24, 2.45) is 0 Å². The Morgan fingerprint density at radius 1 is 1.08 bits per heavy atom. The lowest BCUT2D eigenvalue weighted by molar-refractivity contribution is -0.140. The molecular weight excluding hydrogens is 339 g/mol. The van der Waals surface area contributed by atoms with E-state index in [9.17, 15) is 18.3 Å². The monoisotopic (exact) mass is 361 g/mol. The molecule has 1 fully saturated rings. The van der Waals surface area contributed by atoms with Crippen LogP contribution in [0.2, 0.25) is 0 Å². The number of aliphatic hydroxyl groups excluding tert-OH is 1. The smallest absolute Gasteiger partial charge is 0.392 e. The van der Waals surface area contributed by atoms with Crippen LogP contribution in [0, 0.1) is 0 Å². The van der Waals surface area contributed by atoms with Gasteiger partial charge < -0.3 is 5.11 Å². The molecule has 138 valence electrons.